The first-order valence-electron chi connectivity index (χ1n) is 9.61. The van der Waals surface area contributed by atoms with Crippen LogP contribution in [0.2, 0.25) is 0 Å². The van der Waals surface area contributed by atoms with E-state index in [0.717, 1.165) is 41.5 Å². The zero-order valence-electron chi connectivity index (χ0n) is 16.8. The Morgan fingerprint density at radius 3 is 2.68 bits per heavy atom. The topological polar surface area (TPSA) is 81.6 Å². The van der Waals surface area contributed by atoms with Crippen LogP contribution in [0.3, 0.4) is 0 Å². The van der Waals surface area contributed by atoms with Gasteiger partial charge in [0.05, 0.1) is 19.7 Å². The molecule has 1 aliphatic heterocycles. The molecule has 0 spiro atoms. The van der Waals surface area contributed by atoms with Gasteiger partial charge in [0.2, 0.25) is 5.91 Å². The van der Waals surface area contributed by atoms with Crippen LogP contribution in [0.1, 0.15) is 43.2 Å². The molecular formula is C21H30ClN3O3. The third kappa shape index (κ3) is 5.49. The summed E-state index contributed by atoms with van der Waals surface area (Å²) in [7, 11) is 1.63. The number of hydrogen-bond acceptors (Lipinski definition) is 5. The average Bonchev–Trinajstić information content (AvgIpc) is 3.08. The summed E-state index contributed by atoms with van der Waals surface area (Å²) in [4.78, 5) is 19.2. The number of hydrogen-bond donors (Lipinski definition) is 1. The van der Waals surface area contributed by atoms with Crippen LogP contribution in [0, 0.1) is 5.92 Å². The molecule has 28 heavy (non-hydrogen) atoms. The molecule has 0 bridgehead atoms. The number of aryl methyl sites for hydroxylation is 1. The number of oxazole rings is 1. The zero-order valence-corrected chi connectivity index (χ0v) is 17.6. The van der Waals surface area contributed by atoms with Gasteiger partial charge in [0.25, 0.3) is 0 Å². The van der Waals surface area contributed by atoms with E-state index in [1.54, 1.807) is 12.0 Å². The smallest absolute Gasteiger partial charge is 0.240 e. The maximum atomic E-state index is 12.8. The molecular weight excluding hydrogens is 378 g/mol. The molecule has 6 nitrogen and oxygen atoms in total. The standard InChI is InChI=1S/C21H29N3O3.ClH/c1-14(2)4-9-20-23-18-13-24(11-10-19(18)27-20)21(25)17(22)12-15-5-7-16(26-3)8-6-15;/h5-8,14,17H,4,9-13,22H2,1-3H3;1H/t17-;/m0./s1. The number of carbonyl (C=O) groups is 1. The lowest BCUT2D eigenvalue weighted by Crippen LogP contribution is -2.46. The van der Waals surface area contributed by atoms with Gasteiger partial charge in [-0.15, -0.1) is 12.4 Å². The SMILES string of the molecule is COc1ccc(C[C@H](N)C(=O)N2CCc3oc(CCC(C)C)nc3C2)cc1.Cl. The molecule has 0 radical (unpaired) electrons. The highest BCUT2D eigenvalue weighted by Crippen LogP contribution is 2.22. The van der Waals surface area contributed by atoms with Gasteiger partial charge in [-0.1, -0.05) is 26.0 Å². The summed E-state index contributed by atoms with van der Waals surface area (Å²) >= 11 is 0. The van der Waals surface area contributed by atoms with Gasteiger partial charge in [-0.25, -0.2) is 4.98 Å². The lowest BCUT2D eigenvalue weighted by Gasteiger charge is -2.28. The zero-order chi connectivity index (χ0) is 19.4. The van der Waals surface area contributed by atoms with Crippen molar-refractivity contribution in [2.75, 3.05) is 13.7 Å². The maximum absolute atomic E-state index is 12.8. The number of aromatic nitrogens is 1. The van der Waals surface area contributed by atoms with E-state index in [1.807, 2.05) is 24.3 Å². The monoisotopic (exact) mass is 407 g/mol. The molecule has 2 aromatic rings. The van der Waals surface area contributed by atoms with E-state index in [0.29, 0.717) is 31.8 Å². The Bertz CT molecular complexity index is 774. The van der Waals surface area contributed by atoms with E-state index < -0.39 is 6.04 Å². The summed E-state index contributed by atoms with van der Waals surface area (Å²) in [6.07, 6.45) is 3.10. The van der Waals surface area contributed by atoms with Gasteiger partial charge in [0.1, 0.15) is 17.2 Å². The predicted molar refractivity (Wildman–Crippen MR) is 111 cm³/mol. The fraction of sp³-hybridized carbons (Fsp3) is 0.524. The van der Waals surface area contributed by atoms with Crippen molar-refractivity contribution >= 4 is 18.3 Å². The number of carbonyl (C=O) groups excluding carboxylic acids is 1. The molecule has 1 aromatic carbocycles. The molecule has 0 unspecified atom stereocenters. The third-order valence-electron chi connectivity index (χ3n) is 4.95. The maximum Gasteiger partial charge on any atom is 0.240 e. The highest BCUT2D eigenvalue weighted by atomic mass is 35.5. The summed E-state index contributed by atoms with van der Waals surface area (Å²) in [5, 5.41) is 0. The second kappa shape index (κ2) is 9.94. The molecule has 7 heteroatoms. The number of fused-ring (bicyclic) bond motifs is 1. The second-order valence-corrected chi connectivity index (χ2v) is 7.58. The minimum absolute atomic E-state index is 0. The van der Waals surface area contributed by atoms with Crippen LogP contribution in [-0.4, -0.2) is 35.5 Å². The van der Waals surface area contributed by atoms with Crippen LogP contribution in [-0.2, 0) is 30.6 Å². The molecule has 1 aliphatic rings. The van der Waals surface area contributed by atoms with E-state index in [4.69, 9.17) is 14.9 Å². The van der Waals surface area contributed by atoms with E-state index in [-0.39, 0.29) is 18.3 Å². The van der Waals surface area contributed by atoms with E-state index in [1.165, 1.54) is 0 Å². The number of methoxy groups -OCH3 is 1. The lowest BCUT2D eigenvalue weighted by atomic mass is 10.0. The Kier molecular flexibility index (Phi) is 7.89. The fourth-order valence-electron chi connectivity index (χ4n) is 3.30. The van der Waals surface area contributed by atoms with Crippen LogP contribution in [0.5, 0.6) is 5.75 Å². The number of halogens is 1. The molecule has 2 N–H and O–H groups in total. The molecule has 1 amide bonds. The van der Waals surface area contributed by atoms with Crippen molar-refractivity contribution in [3.8, 4) is 5.75 Å². The van der Waals surface area contributed by atoms with Crippen molar-refractivity contribution in [3.05, 3.63) is 47.2 Å². The van der Waals surface area contributed by atoms with Crippen molar-refractivity contribution in [2.45, 2.75) is 52.1 Å². The van der Waals surface area contributed by atoms with E-state index >= 15 is 0 Å². The van der Waals surface area contributed by atoms with Crippen molar-refractivity contribution < 1.29 is 13.9 Å². The lowest BCUT2D eigenvalue weighted by molar-refractivity contribution is -0.133. The Labute approximate surface area is 172 Å². The van der Waals surface area contributed by atoms with Gasteiger partial charge >= 0.3 is 0 Å². The van der Waals surface area contributed by atoms with Crippen LogP contribution in [0.4, 0.5) is 0 Å². The van der Waals surface area contributed by atoms with Crippen molar-refractivity contribution in [2.24, 2.45) is 11.7 Å². The largest absolute Gasteiger partial charge is 0.497 e. The number of amides is 1. The summed E-state index contributed by atoms with van der Waals surface area (Å²) < 4.78 is 11.0. The van der Waals surface area contributed by atoms with Crippen LogP contribution in [0.25, 0.3) is 0 Å². The normalized spacial score (nSPS) is 14.4. The fourth-order valence-corrected chi connectivity index (χ4v) is 3.30. The molecule has 1 aromatic heterocycles. The van der Waals surface area contributed by atoms with Crippen LogP contribution < -0.4 is 10.5 Å². The Balaban J connectivity index is 0.00000280. The molecule has 0 saturated heterocycles. The van der Waals surface area contributed by atoms with Gasteiger partial charge in [0, 0.05) is 19.4 Å². The third-order valence-corrected chi connectivity index (χ3v) is 4.95. The summed E-state index contributed by atoms with van der Waals surface area (Å²) in [5.74, 6) is 3.07. The van der Waals surface area contributed by atoms with Crippen molar-refractivity contribution in [1.82, 2.24) is 9.88 Å². The Morgan fingerprint density at radius 2 is 2.04 bits per heavy atom. The summed E-state index contributed by atoms with van der Waals surface area (Å²) in [6.45, 7) is 5.48. The quantitative estimate of drug-likeness (QED) is 0.762. The van der Waals surface area contributed by atoms with Crippen LogP contribution >= 0.6 is 12.4 Å². The second-order valence-electron chi connectivity index (χ2n) is 7.58. The first-order chi connectivity index (χ1) is 13.0. The van der Waals surface area contributed by atoms with Gasteiger partial charge in [-0.3, -0.25) is 4.79 Å². The first-order valence-corrected chi connectivity index (χ1v) is 9.61. The van der Waals surface area contributed by atoms with Gasteiger partial charge in [-0.2, -0.15) is 0 Å². The van der Waals surface area contributed by atoms with Crippen molar-refractivity contribution in [1.29, 1.82) is 0 Å². The average molecular weight is 408 g/mol. The molecule has 2 heterocycles. The number of rotatable bonds is 7. The summed E-state index contributed by atoms with van der Waals surface area (Å²) in [5.41, 5.74) is 8.09. The highest BCUT2D eigenvalue weighted by Gasteiger charge is 2.28. The van der Waals surface area contributed by atoms with E-state index in [9.17, 15) is 4.79 Å². The molecule has 0 aliphatic carbocycles. The Morgan fingerprint density at radius 1 is 1.32 bits per heavy atom. The van der Waals surface area contributed by atoms with Crippen LogP contribution in [0.15, 0.2) is 28.7 Å². The number of benzene rings is 1. The molecule has 154 valence electrons. The van der Waals surface area contributed by atoms with E-state index in [2.05, 4.69) is 18.8 Å². The summed E-state index contributed by atoms with van der Waals surface area (Å²) in [6, 6.07) is 7.09. The van der Waals surface area contributed by atoms with Gasteiger partial charge < -0.3 is 19.8 Å². The first kappa shape index (κ1) is 22.2. The molecule has 3 rings (SSSR count). The Hall–Kier alpha value is -2.05. The molecule has 0 saturated carbocycles. The minimum Gasteiger partial charge on any atom is -0.497 e. The number of ether oxygens (including phenoxy) is 1. The number of nitrogens with two attached hydrogens (primary N) is 1. The van der Waals surface area contributed by atoms with Crippen molar-refractivity contribution in [3.63, 3.8) is 0 Å². The van der Waals surface area contributed by atoms with Gasteiger partial charge in [-0.05, 0) is 36.5 Å². The highest BCUT2D eigenvalue weighted by molar-refractivity contribution is 5.85. The van der Waals surface area contributed by atoms with Gasteiger partial charge in [0.15, 0.2) is 5.89 Å². The number of nitrogens with zero attached hydrogens (tertiary/aromatic N) is 2. The molecule has 0 fully saturated rings. The minimum atomic E-state index is -0.563. The predicted octanol–water partition coefficient (Wildman–Crippen LogP) is 3.15. The molecule has 1 atom stereocenters.